The maximum absolute atomic E-state index is 12.1. The minimum Gasteiger partial charge on any atom is -0.383 e. The highest BCUT2D eigenvalue weighted by Crippen LogP contribution is 2.16. The van der Waals surface area contributed by atoms with E-state index >= 15 is 0 Å². The fourth-order valence-electron chi connectivity index (χ4n) is 2.07. The number of hydrogen-bond acceptors (Lipinski definition) is 5. The maximum atomic E-state index is 12.1. The van der Waals surface area contributed by atoms with Gasteiger partial charge in [-0.15, -0.1) is 0 Å². The van der Waals surface area contributed by atoms with Crippen molar-refractivity contribution in [3.05, 3.63) is 12.4 Å². The van der Waals surface area contributed by atoms with Crippen molar-refractivity contribution in [1.29, 1.82) is 0 Å². The van der Waals surface area contributed by atoms with Crippen LogP contribution in [-0.4, -0.2) is 55.7 Å². The molecule has 0 aliphatic carbocycles. The van der Waals surface area contributed by atoms with Gasteiger partial charge < -0.3 is 20.1 Å². The molecule has 2 heterocycles. The molecule has 19 heavy (non-hydrogen) atoms. The van der Waals surface area contributed by atoms with Gasteiger partial charge in [0.2, 0.25) is 5.91 Å². The van der Waals surface area contributed by atoms with E-state index in [1.807, 2.05) is 7.05 Å². The van der Waals surface area contributed by atoms with Crippen molar-refractivity contribution in [1.82, 2.24) is 15.1 Å². The Morgan fingerprint density at radius 1 is 1.63 bits per heavy atom. The topological polar surface area (TPSA) is 77.4 Å². The molecule has 0 aromatic carbocycles. The Morgan fingerprint density at radius 2 is 2.47 bits per heavy atom. The summed E-state index contributed by atoms with van der Waals surface area (Å²) in [4.78, 5) is 12.1. The van der Waals surface area contributed by atoms with Crippen molar-refractivity contribution in [2.75, 3.05) is 39.3 Å². The number of likely N-dealkylation sites (N-methyl/N-ethyl adjacent to an activating group) is 1. The van der Waals surface area contributed by atoms with Gasteiger partial charge in [-0.1, -0.05) is 0 Å². The Hall–Kier alpha value is -1.44. The third-order valence-electron chi connectivity index (χ3n) is 3.21. The molecule has 1 aromatic heterocycles. The Bertz CT molecular complexity index is 421. The quantitative estimate of drug-likeness (QED) is 0.741. The normalized spacial score (nSPS) is 22.6. The van der Waals surface area contributed by atoms with Gasteiger partial charge in [-0.2, -0.15) is 5.10 Å². The van der Waals surface area contributed by atoms with Crippen molar-refractivity contribution >= 4 is 11.6 Å². The highest BCUT2D eigenvalue weighted by molar-refractivity contribution is 5.93. The first-order valence-electron chi connectivity index (χ1n) is 6.32. The van der Waals surface area contributed by atoms with Crippen LogP contribution in [0.1, 0.15) is 0 Å². The molecule has 0 spiro atoms. The van der Waals surface area contributed by atoms with Gasteiger partial charge in [-0.05, 0) is 7.05 Å². The first kappa shape index (κ1) is 14.0. The Balaban J connectivity index is 1.89. The zero-order chi connectivity index (χ0) is 13.7. The number of amides is 1. The van der Waals surface area contributed by atoms with E-state index in [1.165, 1.54) is 0 Å². The highest BCUT2D eigenvalue weighted by atomic mass is 16.5. The first-order valence-corrected chi connectivity index (χ1v) is 6.32. The highest BCUT2D eigenvalue weighted by Gasteiger charge is 2.33. The Morgan fingerprint density at radius 3 is 3.21 bits per heavy atom. The lowest BCUT2D eigenvalue weighted by Crippen LogP contribution is -2.39. The second-order valence-electron chi connectivity index (χ2n) is 4.51. The van der Waals surface area contributed by atoms with Crippen LogP contribution in [0, 0.1) is 5.92 Å². The third kappa shape index (κ3) is 3.52. The molecule has 2 atom stereocenters. The number of nitrogens with zero attached hydrogens (tertiary/aromatic N) is 2. The summed E-state index contributed by atoms with van der Waals surface area (Å²) in [6.45, 7) is 2.28. The van der Waals surface area contributed by atoms with Gasteiger partial charge in [0.05, 0.1) is 44.2 Å². The Labute approximate surface area is 112 Å². The van der Waals surface area contributed by atoms with E-state index in [2.05, 4.69) is 15.7 Å². The van der Waals surface area contributed by atoms with E-state index in [9.17, 15) is 4.79 Å². The summed E-state index contributed by atoms with van der Waals surface area (Å²) in [5.74, 6) is -0.199. The van der Waals surface area contributed by atoms with Crippen LogP contribution in [0.25, 0.3) is 0 Å². The number of hydrogen-bond donors (Lipinski definition) is 2. The SMILES string of the molecule is CNC1COCC1C(=O)Nc1cnn(CCOC)c1. The molecule has 2 rings (SSSR count). The number of carbonyl (C=O) groups excluding carboxylic acids is 1. The molecule has 1 aliphatic heterocycles. The molecule has 1 amide bonds. The van der Waals surface area contributed by atoms with E-state index in [-0.39, 0.29) is 17.9 Å². The molecule has 0 bridgehead atoms. The van der Waals surface area contributed by atoms with Gasteiger partial charge in [0.1, 0.15) is 0 Å². The fourth-order valence-corrected chi connectivity index (χ4v) is 2.07. The van der Waals surface area contributed by atoms with Crippen LogP contribution >= 0.6 is 0 Å². The molecule has 2 N–H and O–H groups in total. The standard InChI is InChI=1S/C12H20N4O3/c1-13-11-8-19-7-10(11)12(17)15-9-5-14-16(6-9)3-4-18-2/h5-6,10-11,13H,3-4,7-8H2,1-2H3,(H,15,17). The number of nitrogens with one attached hydrogen (secondary N) is 2. The van der Waals surface area contributed by atoms with E-state index < -0.39 is 0 Å². The lowest BCUT2D eigenvalue weighted by Gasteiger charge is -2.15. The van der Waals surface area contributed by atoms with Crippen molar-refractivity contribution < 1.29 is 14.3 Å². The minimum absolute atomic E-state index is 0.0388. The molecule has 2 unspecified atom stereocenters. The van der Waals surface area contributed by atoms with Gasteiger partial charge in [-0.25, -0.2) is 0 Å². The van der Waals surface area contributed by atoms with Crippen molar-refractivity contribution in [3.8, 4) is 0 Å². The summed E-state index contributed by atoms with van der Waals surface area (Å²) in [6, 6.07) is 0.0727. The Kier molecular flexibility index (Phi) is 4.89. The third-order valence-corrected chi connectivity index (χ3v) is 3.21. The number of methoxy groups -OCH3 is 1. The fraction of sp³-hybridized carbons (Fsp3) is 0.667. The van der Waals surface area contributed by atoms with Crippen LogP contribution in [-0.2, 0) is 20.8 Å². The molecule has 1 saturated heterocycles. The maximum Gasteiger partial charge on any atom is 0.231 e. The van der Waals surface area contributed by atoms with Gasteiger partial charge in [0.15, 0.2) is 0 Å². The monoisotopic (exact) mass is 268 g/mol. The molecular formula is C12H20N4O3. The van der Waals surface area contributed by atoms with Gasteiger partial charge in [0, 0.05) is 19.3 Å². The second kappa shape index (κ2) is 6.65. The summed E-state index contributed by atoms with van der Waals surface area (Å²) < 4.78 is 12.0. The largest absolute Gasteiger partial charge is 0.383 e. The molecule has 1 aromatic rings. The predicted molar refractivity (Wildman–Crippen MR) is 69.9 cm³/mol. The minimum atomic E-state index is -0.160. The number of aromatic nitrogens is 2. The second-order valence-corrected chi connectivity index (χ2v) is 4.51. The summed E-state index contributed by atoms with van der Waals surface area (Å²) in [6.07, 6.45) is 3.43. The summed E-state index contributed by atoms with van der Waals surface area (Å²) in [5.41, 5.74) is 0.697. The van der Waals surface area contributed by atoms with Crippen LogP contribution in [0.5, 0.6) is 0 Å². The summed E-state index contributed by atoms with van der Waals surface area (Å²) in [5, 5.41) is 10.1. The number of anilines is 1. The smallest absolute Gasteiger partial charge is 0.231 e. The molecule has 7 heteroatoms. The average molecular weight is 268 g/mol. The van der Waals surface area contributed by atoms with Crippen LogP contribution in [0.2, 0.25) is 0 Å². The summed E-state index contributed by atoms with van der Waals surface area (Å²) in [7, 11) is 3.48. The van der Waals surface area contributed by atoms with Crippen LogP contribution in [0.4, 0.5) is 5.69 Å². The zero-order valence-corrected chi connectivity index (χ0v) is 11.3. The van der Waals surface area contributed by atoms with Gasteiger partial charge >= 0.3 is 0 Å². The van der Waals surface area contributed by atoms with E-state index in [0.29, 0.717) is 32.1 Å². The van der Waals surface area contributed by atoms with Crippen LogP contribution < -0.4 is 10.6 Å². The van der Waals surface area contributed by atoms with Gasteiger partial charge in [0.25, 0.3) is 0 Å². The lowest BCUT2D eigenvalue weighted by molar-refractivity contribution is -0.120. The van der Waals surface area contributed by atoms with Gasteiger partial charge in [-0.3, -0.25) is 9.48 Å². The molecule has 7 nitrogen and oxygen atoms in total. The lowest BCUT2D eigenvalue weighted by atomic mass is 10.0. The average Bonchev–Trinajstić information content (AvgIpc) is 3.04. The number of rotatable bonds is 6. The van der Waals surface area contributed by atoms with E-state index in [1.54, 1.807) is 24.2 Å². The number of carbonyl (C=O) groups is 1. The molecule has 0 saturated carbocycles. The molecule has 106 valence electrons. The van der Waals surface area contributed by atoms with Crippen LogP contribution in [0.3, 0.4) is 0 Å². The molecular weight excluding hydrogens is 248 g/mol. The summed E-state index contributed by atoms with van der Waals surface area (Å²) >= 11 is 0. The van der Waals surface area contributed by atoms with Crippen molar-refractivity contribution in [2.45, 2.75) is 12.6 Å². The molecule has 1 fully saturated rings. The van der Waals surface area contributed by atoms with E-state index in [4.69, 9.17) is 9.47 Å². The molecule has 0 radical (unpaired) electrons. The van der Waals surface area contributed by atoms with Crippen molar-refractivity contribution in [2.24, 2.45) is 5.92 Å². The van der Waals surface area contributed by atoms with E-state index in [0.717, 1.165) is 0 Å². The number of ether oxygens (including phenoxy) is 2. The zero-order valence-electron chi connectivity index (χ0n) is 11.3. The first-order chi connectivity index (χ1) is 9.24. The van der Waals surface area contributed by atoms with Crippen molar-refractivity contribution in [3.63, 3.8) is 0 Å². The molecule has 1 aliphatic rings. The van der Waals surface area contributed by atoms with Crippen LogP contribution in [0.15, 0.2) is 12.4 Å². The predicted octanol–water partition coefficient (Wildman–Crippen LogP) is -0.298.